The number of hydrogen-bond donors (Lipinski definition) is 1. The van der Waals surface area contributed by atoms with Crippen molar-refractivity contribution >= 4 is 29.9 Å². The first-order valence-corrected chi connectivity index (χ1v) is 10.7. The van der Waals surface area contributed by atoms with E-state index >= 15 is 0 Å². The lowest BCUT2D eigenvalue weighted by Crippen LogP contribution is -2.53. The first kappa shape index (κ1) is 24.4. The van der Waals surface area contributed by atoms with E-state index in [0.29, 0.717) is 0 Å². The third-order valence-electron chi connectivity index (χ3n) is 5.19. The lowest BCUT2D eigenvalue weighted by molar-refractivity contribution is -0.0817. The van der Waals surface area contributed by atoms with Gasteiger partial charge in [-0.1, -0.05) is 30.3 Å². The summed E-state index contributed by atoms with van der Waals surface area (Å²) < 4.78 is 17.5. The fourth-order valence-corrected chi connectivity index (χ4v) is 3.70. The van der Waals surface area contributed by atoms with Crippen LogP contribution in [0.5, 0.6) is 0 Å². The summed E-state index contributed by atoms with van der Waals surface area (Å²) in [6, 6.07) is 10.5. The fraction of sp³-hybridized carbons (Fsp3) is 0.682. The summed E-state index contributed by atoms with van der Waals surface area (Å²) in [5.41, 5.74) is 1.32. The second-order valence-corrected chi connectivity index (χ2v) is 7.34. The van der Waals surface area contributed by atoms with Crippen molar-refractivity contribution in [3.05, 3.63) is 35.9 Å². The summed E-state index contributed by atoms with van der Waals surface area (Å²) in [4.78, 5) is 7.12. The van der Waals surface area contributed by atoms with Gasteiger partial charge in [0.15, 0.2) is 5.96 Å². The van der Waals surface area contributed by atoms with Crippen LogP contribution in [0.15, 0.2) is 35.3 Å². The van der Waals surface area contributed by atoms with Gasteiger partial charge in [0.05, 0.1) is 19.3 Å². The maximum atomic E-state index is 5.96. The van der Waals surface area contributed by atoms with Crippen LogP contribution < -0.4 is 5.32 Å². The molecule has 6 nitrogen and oxygen atoms in total. The average Bonchev–Trinajstić information content (AvgIpc) is 3.28. The van der Waals surface area contributed by atoms with E-state index < -0.39 is 0 Å². The van der Waals surface area contributed by atoms with Gasteiger partial charge in [-0.3, -0.25) is 4.99 Å². The SMILES string of the molecule is CCNC(=NCCCOCCc1ccccc1)N1CCOC(C2CCCO2)C1.I. The lowest BCUT2D eigenvalue weighted by Gasteiger charge is -2.37. The largest absolute Gasteiger partial charge is 0.381 e. The number of ether oxygens (including phenoxy) is 3. The van der Waals surface area contributed by atoms with Crippen molar-refractivity contribution in [2.75, 3.05) is 52.6 Å². The minimum absolute atomic E-state index is 0. The highest BCUT2D eigenvalue weighted by molar-refractivity contribution is 14.0. The first-order chi connectivity index (χ1) is 13.9. The zero-order chi connectivity index (χ0) is 19.4. The molecule has 1 aromatic rings. The Morgan fingerprint density at radius 2 is 2.00 bits per heavy atom. The van der Waals surface area contributed by atoms with Gasteiger partial charge in [-0.05, 0) is 38.2 Å². The molecule has 2 atom stereocenters. The average molecular weight is 517 g/mol. The molecule has 2 aliphatic rings. The van der Waals surface area contributed by atoms with E-state index in [0.717, 1.165) is 84.2 Å². The highest BCUT2D eigenvalue weighted by Crippen LogP contribution is 2.21. The van der Waals surface area contributed by atoms with E-state index in [-0.39, 0.29) is 36.2 Å². The molecule has 2 saturated heterocycles. The number of halogens is 1. The second kappa shape index (κ2) is 14.2. The van der Waals surface area contributed by atoms with E-state index in [1.807, 2.05) is 6.07 Å². The van der Waals surface area contributed by atoms with E-state index in [4.69, 9.17) is 19.2 Å². The number of hydrogen-bond acceptors (Lipinski definition) is 4. The van der Waals surface area contributed by atoms with Crippen LogP contribution in [-0.4, -0.2) is 75.7 Å². The number of morpholine rings is 1. The van der Waals surface area contributed by atoms with Crippen molar-refractivity contribution in [1.82, 2.24) is 10.2 Å². The molecule has 2 aliphatic heterocycles. The van der Waals surface area contributed by atoms with Crippen LogP contribution in [0.25, 0.3) is 0 Å². The first-order valence-electron chi connectivity index (χ1n) is 10.7. The summed E-state index contributed by atoms with van der Waals surface area (Å²) in [7, 11) is 0. The topological polar surface area (TPSA) is 55.3 Å². The summed E-state index contributed by atoms with van der Waals surface area (Å²) in [5, 5.41) is 3.43. The minimum atomic E-state index is 0. The molecular weight excluding hydrogens is 481 g/mol. The van der Waals surface area contributed by atoms with Gasteiger partial charge in [0.25, 0.3) is 0 Å². The van der Waals surface area contributed by atoms with Gasteiger partial charge >= 0.3 is 0 Å². The molecule has 1 N–H and O–H groups in total. The molecule has 0 aliphatic carbocycles. The molecule has 2 unspecified atom stereocenters. The summed E-state index contributed by atoms with van der Waals surface area (Å²) in [5.74, 6) is 0.984. The van der Waals surface area contributed by atoms with Crippen LogP contribution in [0.2, 0.25) is 0 Å². The quantitative estimate of drug-likeness (QED) is 0.236. The van der Waals surface area contributed by atoms with Crippen molar-refractivity contribution < 1.29 is 14.2 Å². The highest BCUT2D eigenvalue weighted by atomic mass is 127. The number of guanidine groups is 1. The number of rotatable bonds is 9. The normalized spacial score (nSPS) is 22.4. The molecule has 2 heterocycles. The van der Waals surface area contributed by atoms with Gasteiger partial charge in [0.1, 0.15) is 6.10 Å². The minimum Gasteiger partial charge on any atom is -0.381 e. The predicted octanol–water partition coefficient (Wildman–Crippen LogP) is 3.10. The maximum Gasteiger partial charge on any atom is 0.194 e. The second-order valence-electron chi connectivity index (χ2n) is 7.34. The third-order valence-corrected chi connectivity index (χ3v) is 5.19. The van der Waals surface area contributed by atoms with Crippen molar-refractivity contribution in [3.8, 4) is 0 Å². The van der Waals surface area contributed by atoms with Crippen LogP contribution >= 0.6 is 24.0 Å². The molecule has 0 radical (unpaired) electrons. The Kier molecular flexibility index (Phi) is 11.9. The molecule has 3 rings (SSSR count). The predicted molar refractivity (Wildman–Crippen MR) is 127 cm³/mol. The molecule has 2 fully saturated rings. The van der Waals surface area contributed by atoms with Crippen LogP contribution in [0, 0.1) is 0 Å². The standard InChI is InChI=1S/C22H35N3O3.HI/c1-2-23-22(25-13-17-28-21(18-25)20-10-6-15-27-20)24-12-7-14-26-16-11-19-8-4-3-5-9-19;/h3-5,8-9,20-21H,2,6-7,10-18H2,1H3,(H,23,24);1H. The zero-order valence-corrected chi connectivity index (χ0v) is 19.9. The van der Waals surface area contributed by atoms with Crippen LogP contribution in [0.4, 0.5) is 0 Å². The Hall–Kier alpha value is -0.900. The molecule has 7 heteroatoms. The van der Waals surface area contributed by atoms with Crippen LogP contribution in [0.1, 0.15) is 31.7 Å². The number of aliphatic imine (C=N–C) groups is 1. The smallest absolute Gasteiger partial charge is 0.194 e. The Balaban J connectivity index is 0.00000300. The summed E-state index contributed by atoms with van der Waals surface area (Å²) >= 11 is 0. The molecule has 0 saturated carbocycles. The number of nitrogens with one attached hydrogen (secondary N) is 1. The van der Waals surface area contributed by atoms with E-state index in [1.165, 1.54) is 5.56 Å². The summed E-state index contributed by atoms with van der Waals surface area (Å²) in [6.45, 7) is 8.59. The van der Waals surface area contributed by atoms with E-state index in [1.54, 1.807) is 0 Å². The van der Waals surface area contributed by atoms with E-state index in [2.05, 4.69) is 41.4 Å². The lowest BCUT2D eigenvalue weighted by atomic mass is 10.1. The molecule has 29 heavy (non-hydrogen) atoms. The van der Waals surface area contributed by atoms with Crippen molar-refractivity contribution in [3.63, 3.8) is 0 Å². The van der Waals surface area contributed by atoms with Gasteiger partial charge in [-0.15, -0.1) is 24.0 Å². The van der Waals surface area contributed by atoms with Crippen molar-refractivity contribution in [1.29, 1.82) is 0 Å². The monoisotopic (exact) mass is 517 g/mol. The highest BCUT2D eigenvalue weighted by Gasteiger charge is 2.32. The molecule has 0 amide bonds. The molecule has 1 aromatic carbocycles. The summed E-state index contributed by atoms with van der Waals surface area (Å²) in [6.07, 6.45) is 4.54. The van der Waals surface area contributed by atoms with Gasteiger partial charge in [0.2, 0.25) is 0 Å². The van der Waals surface area contributed by atoms with Gasteiger partial charge in [-0.25, -0.2) is 0 Å². The Bertz CT molecular complexity index is 582. The zero-order valence-electron chi connectivity index (χ0n) is 17.6. The molecule has 0 bridgehead atoms. The molecule has 0 spiro atoms. The molecule has 0 aromatic heterocycles. The number of benzene rings is 1. The van der Waals surface area contributed by atoms with Crippen LogP contribution in [-0.2, 0) is 20.6 Å². The Labute approximate surface area is 192 Å². The van der Waals surface area contributed by atoms with Crippen LogP contribution in [0.3, 0.4) is 0 Å². The molecular formula is C22H36IN3O3. The van der Waals surface area contributed by atoms with Gasteiger partial charge in [0, 0.05) is 39.4 Å². The Morgan fingerprint density at radius 1 is 1.17 bits per heavy atom. The van der Waals surface area contributed by atoms with Gasteiger partial charge in [-0.2, -0.15) is 0 Å². The third kappa shape index (κ3) is 8.39. The van der Waals surface area contributed by atoms with Crippen molar-refractivity contribution in [2.24, 2.45) is 4.99 Å². The maximum absolute atomic E-state index is 5.96. The molecule has 164 valence electrons. The fourth-order valence-electron chi connectivity index (χ4n) is 3.70. The Morgan fingerprint density at radius 3 is 2.76 bits per heavy atom. The van der Waals surface area contributed by atoms with E-state index in [9.17, 15) is 0 Å². The van der Waals surface area contributed by atoms with Gasteiger partial charge < -0.3 is 24.4 Å². The van der Waals surface area contributed by atoms with Crippen molar-refractivity contribution in [2.45, 2.75) is 44.8 Å². The number of nitrogens with zero attached hydrogens (tertiary/aromatic N) is 2.